The highest BCUT2D eigenvalue weighted by atomic mass is 79.9. The smallest absolute Gasteiger partial charge is 0.271 e. The van der Waals surface area contributed by atoms with Gasteiger partial charge in [0.1, 0.15) is 11.4 Å². The molecule has 7 heteroatoms. The molecule has 148 valence electrons. The summed E-state index contributed by atoms with van der Waals surface area (Å²) in [6.45, 7) is 1.75. The first kappa shape index (κ1) is 20.7. The molecule has 29 heavy (non-hydrogen) atoms. The van der Waals surface area contributed by atoms with Crippen molar-refractivity contribution in [2.24, 2.45) is 4.99 Å². The molecule has 0 aliphatic heterocycles. The van der Waals surface area contributed by atoms with Gasteiger partial charge in [-0.25, -0.2) is 0 Å². The number of hydrogen-bond donors (Lipinski definition) is 2. The highest BCUT2D eigenvalue weighted by molar-refractivity contribution is 9.10. The summed E-state index contributed by atoms with van der Waals surface area (Å²) in [5, 5.41) is 33.0. The topological polar surface area (TPSA) is 96.0 Å². The Hall–Kier alpha value is -3.03. The van der Waals surface area contributed by atoms with Crippen molar-refractivity contribution in [3.63, 3.8) is 0 Å². The minimum Gasteiger partial charge on any atom is -0.506 e. The van der Waals surface area contributed by atoms with Gasteiger partial charge in [-0.15, -0.1) is 0 Å². The molecular formula is C22H19BrN2O4. The minimum absolute atomic E-state index is 0.158. The summed E-state index contributed by atoms with van der Waals surface area (Å²) >= 11 is 3.12. The number of nitro benzene ring substituents is 1. The highest BCUT2D eigenvalue weighted by Gasteiger charge is 2.37. The minimum atomic E-state index is -1.42. The van der Waals surface area contributed by atoms with E-state index in [0.29, 0.717) is 11.1 Å². The van der Waals surface area contributed by atoms with Crippen molar-refractivity contribution in [1.82, 2.24) is 0 Å². The van der Waals surface area contributed by atoms with E-state index in [-0.39, 0.29) is 21.5 Å². The van der Waals surface area contributed by atoms with Crippen molar-refractivity contribution in [2.45, 2.75) is 18.6 Å². The third-order valence-corrected chi connectivity index (χ3v) is 5.36. The molecule has 3 aromatic rings. The van der Waals surface area contributed by atoms with Crippen LogP contribution in [-0.2, 0) is 5.60 Å². The van der Waals surface area contributed by atoms with Crippen molar-refractivity contribution >= 4 is 27.8 Å². The number of halogens is 1. The number of nitrogens with zero attached hydrogens (tertiary/aromatic N) is 2. The van der Waals surface area contributed by atoms with E-state index in [2.05, 4.69) is 20.9 Å². The Morgan fingerprint density at radius 2 is 1.59 bits per heavy atom. The maximum atomic E-state index is 11.7. The monoisotopic (exact) mass is 454 g/mol. The van der Waals surface area contributed by atoms with Crippen LogP contribution in [0, 0.1) is 10.1 Å². The SMILES string of the molecule is CC(N=Cc1cc([N+](=O)[O-])cc(Br)c1O)C(O)(c1ccccc1)c1ccccc1. The Morgan fingerprint density at radius 3 is 2.07 bits per heavy atom. The van der Waals surface area contributed by atoms with Gasteiger partial charge in [0.15, 0.2) is 0 Å². The average Bonchev–Trinajstić information content (AvgIpc) is 2.74. The largest absolute Gasteiger partial charge is 0.506 e. The molecule has 1 unspecified atom stereocenters. The van der Waals surface area contributed by atoms with E-state index in [1.807, 2.05) is 60.7 Å². The van der Waals surface area contributed by atoms with Gasteiger partial charge in [-0.1, -0.05) is 60.7 Å². The molecule has 0 aliphatic rings. The number of rotatable bonds is 6. The summed E-state index contributed by atoms with van der Waals surface area (Å²) in [6, 6.07) is 20.2. The molecule has 0 heterocycles. The van der Waals surface area contributed by atoms with Crippen molar-refractivity contribution in [2.75, 3.05) is 0 Å². The summed E-state index contributed by atoms with van der Waals surface area (Å²) in [6.07, 6.45) is 1.34. The quantitative estimate of drug-likeness (QED) is 0.317. The second-order valence-corrected chi connectivity index (χ2v) is 7.43. The fraction of sp³-hybridized carbons (Fsp3) is 0.136. The molecule has 3 rings (SSSR count). The number of benzene rings is 3. The molecule has 0 spiro atoms. The zero-order chi connectivity index (χ0) is 21.0. The van der Waals surface area contributed by atoms with Crippen molar-refractivity contribution in [3.8, 4) is 5.75 Å². The van der Waals surface area contributed by atoms with Crippen LogP contribution in [0.4, 0.5) is 5.69 Å². The van der Waals surface area contributed by atoms with E-state index in [4.69, 9.17) is 0 Å². The summed E-state index contributed by atoms with van der Waals surface area (Å²) in [5.41, 5.74) is -0.0841. The zero-order valence-corrected chi connectivity index (χ0v) is 17.2. The van der Waals surface area contributed by atoms with Crippen LogP contribution < -0.4 is 0 Å². The van der Waals surface area contributed by atoms with E-state index >= 15 is 0 Å². The van der Waals surface area contributed by atoms with Crippen molar-refractivity contribution in [3.05, 3.63) is 104 Å². The number of non-ortho nitro benzene ring substituents is 1. The molecule has 0 radical (unpaired) electrons. The number of phenolic OH excluding ortho intramolecular Hbond substituents is 1. The first-order valence-electron chi connectivity index (χ1n) is 8.87. The second kappa shape index (κ2) is 8.55. The predicted molar refractivity (Wildman–Crippen MR) is 115 cm³/mol. The van der Waals surface area contributed by atoms with Gasteiger partial charge >= 0.3 is 0 Å². The standard InChI is InChI=1S/C22H19BrN2O4/c1-15(24-14-16-12-19(25(28)29)13-20(23)21(16)26)22(27,17-8-4-2-5-9-17)18-10-6-3-7-11-18/h2-15,26-27H,1H3. The third-order valence-electron chi connectivity index (χ3n) is 4.76. The van der Waals surface area contributed by atoms with Crippen LogP contribution >= 0.6 is 15.9 Å². The average molecular weight is 455 g/mol. The molecule has 0 aliphatic carbocycles. The second-order valence-electron chi connectivity index (χ2n) is 6.58. The molecule has 0 amide bonds. The summed E-state index contributed by atoms with van der Waals surface area (Å²) < 4.78 is 0.196. The van der Waals surface area contributed by atoms with Crippen LogP contribution in [0.15, 0.2) is 82.3 Å². The Labute approximate surface area is 176 Å². The first-order valence-corrected chi connectivity index (χ1v) is 9.67. The van der Waals surface area contributed by atoms with E-state index in [9.17, 15) is 20.3 Å². The Balaban J connectivity index is 2.05. The van der Waals surface area contributed by atoms with E-state index in [1.54, 1.807) is 6.92 Å². The Kier molecular flexibility index (Phi) is 6.10. The number of phenols is 1. The molecule has 0 aromatic heterocycles. The lowest BCUT2D eigenvalue weighted by Gasteiger charge is -2.33. The predicted octanol–water partition coefficient (Wildman–Crippen LogP) is 4.81. The van der Waals surface area contributed by atoms with Crippen LogP contribution in [0.25, 0.3) is 0 Å². The molecule has 0 bridgehead atoms. The maximum absolute atomic E-state index is 11.7. The van der Waals surface area contributed by atoms with Crippen LogP contribution in [0.5, 0.6) is 5.75 Å². The van der Waals surface area contributed by atoms with Gasteiger partial charge in [-0.3, -0.25) is 15.1 Å². The third kappa shape index (κ3) is 4.21. The molecule has 3 aromatic carbocycles. The van der Waals surface area contributed by atoms with Gasteiger partial charge in [0.05, 0.1) is 15.4 Å². The number of nitro groups is 1. The lowest BCUT2D eigenvalue weighted by molar-refractivity contribution is -0.385. The fourth-order valence-corrected chi connectivity index (χ4v) is 3.61. The summed E-state index contributed by atoms with van der Waals surface area (Å²) in [4.78, 5) is 15.0. The molecular weight excluding hydrogens is 436 g/mol. The van der Waals surface area contributed by atoms with Gasteiger partial charge in [-0.05, 0) is 34.0 Å². The van der Waals surface area contributed by atoms with Gasteiger partial charge in [0.2, 0.25) is 0 Å². The summed E-state index contributed by atoms with van der Waals surface area (Å²) in [7, 11) is 0. The molecule has 6 nitrogen and oxygen atoms in total. The van der Waals surface area contributed by atoms with E-state index in [0.717, 1.165) is 0 Å². The molecule has 1 atom stereocenters. The first-order chi connectivity index (χ1) is 13.8. The van der Waals surface area contributed by atoms with Crippen LogP contribution in [0.3, 0.4) is 0 Å². The number of hydrogen-bond acceptors (Lipinski definition) is 5. The van der Waals surface area contributed by atoms with Gasteiger partial charge in [0, 0.05) is 23.9 Å². The molecule has 0 fully saturated rings. The Bertz CT molecular complexity index is 1000. The molecule has 2 N–H and O–H groups in total. The van der Waals surface area contributed by atoms with Gasteiger partial charge in [0.25, 0.3) is 5.69 Å². The maximum Gasteiger partial charge on any atom is 0.271 e. The number of aromatic hydroxyl groups is 1. The number of aliphatic hydroxyl groups is 1. The van der Waals surface area contributed by atoms with Crippen LogP contribution in [0.1, 0.15) is 23.6 Å². The van der Waals surface area contributed by atoms with E-state index < -0.39 is 16.6 Å². The fourth-order valence-electron chi connectivity index (χ4n) is 3.14. The molecule has 0 saturated carbocycles. The Morgan fingerprint density at radius 1 is 1.07 bits per heavy atom. The highest BCUT2D eigenvalue weighted by Crippen LogP contribution is 2.35. The zero-order valence-electron chi connectivity index (χ0n) is 15.6. The summed E-state index contributed by atoms with van der Waals surface area (Å²) in [5.74, 6) is -0.158. The lowest BCUT2D eigenvalue weighted by atomic mass is 9.81. The van der Waals surface area contributed by atoms with Gasteiger partial charge in [-0.2, -0.15) is 0 Å². The van der Waals surface area contributed by atoms with Gasteiger partial charge < -0.3 is 10.2 Å². The van der Waals surface area contributed by atoms with Crippen LogP contribution in [-0.4, -0.2) is 27.4 Å². The lowest BCUT2D eigenvalue weighted by Crippen LogP contribution is -2.38. The van der Waals surface area contributed by atoms with Crippen molar-refractivity contribution < 1.29 is 15.1 Å². The normalized spacial score (nSPS) is 12.8. The van der Waals surface area contributed by atoms with Crippen LogP contribution in [0.2, 0.25) is 0 Å². The van der Waals surface area contributed by atoms with Crippen molar-refractivity contribution in [1.29, 1.82) is 0 Å². The molecule has 0 saturated heterocycles. The number of aliphatic imine (C=N–C) groups is 1. The van der Waals surface area contributed by atoms with E-state index in [1.165, 1.54) is 18.3 Å².